The third-order valence-corrected chi connectivity index (χ3v) is 6.09. The summed E-state index contributed by atoms with van der Waals surface area (Å²) in [6, 6.07) is 4.75. The molecule has 2 fully saturated rings. The Balaban J connectivity index is 1.60. The minimum absolute atomic E-state index is 0.174. The van der Waals surface area contributed by atoms with Gasteiger partial charge in [0.05, 0.1) is 0 Å². The van der Waals surface area contributed by atoms with Gasteiger partial charge in [-0.3, -0.25) is 4.79 Å². The van der Waals surface area contributed by atoms with Crippen LogP contribution in [0.4, 0.5) is 18.9 Å². The molecule has 27 heavy (non-hydrogen) atoms. The van der Waals surface area contributed by atoms with E-state index >= 15 is 0 Å². The molecule has 1 saturated heterocycles. The minimum Gasteiger partial charge on any atom is -0.481 e. The Morgan fingerprint density at radius 1 is 1.19 bits per heavy atom. The van der Waals surface area contributed by atoms with E-state index in [9.17, 15) is 18.0 Å². The number of benzene rings is 1. The molecule has 4 nitrogen and oxygen atoms in total. The lowest BCUT2D eigenvalue weighted by molar-refractivity contribution is -0.274. The predicted molar refractivity (Wildman–Crippen MR) is 96.0 cm³/mol. The maximum absolute atomic E-state index is 12.5. The molecule has 1 saturated carbocycles. The van der Waals surface area contributed by atoms with Crippen molar-refractivity contribution >= 4 is 11.7 Å². The second kappa shape index (κ2) is 7.60. The molecule has 0 aromatic heterocycles. The van der Waals surface area contributed by atoms with E-state index < -0.39 is 12.3 Å². The van der Waals surface area contributed by atoms with Gasteiger partial charge < -0.3 is 14.7 Å². The smallest absolute Gasteiger partial charge is 0.481 e. The monoisotopic (exact) mass is 385 g/mol. The van der Waals surface area contributed by atoms with Crippen LogP contribution in [0.3, 0.4) is 0 Å². The molecule has 0 amide bonds. The number of carboxylic acid groups (broad SMARTS) is 1. The van der Waals surface area contributed by atoms with Crippen LogP contribution in [0.15, 0.2) is 18.2 Å². The maximum Gasteiger partial charge on any atom is 0.573 e. The van der Waals surface area contributed by atoms with Gasteiger partial charge in [-0.05, 0) is 74.5 Å². The van der Waals surface area contributed by atoms with Crippen molar-refractivity contribution in [2.75, 3.05) is 18.0 Å². The van der Waals surface area contributed by atoms with Gasteiger partial charge >= 0.3 is 12.3 Å². The maximum atomic E-state index is 12.5. The average molecular weight is 385 g/mol. The van der Waals surface area contributed by atoms with Crippen LogP contribution in [0, 0.1) is 18.3 Å². The molecule has 0 atom stereocenters. The second-order valence-electron chi connectivity index (χ2n) is 8.08. The van der Waals surface area contributed by atoms with E-state index in [4.69, 9.17) is 5.11 Å². The quantitative estimate of drug-likeness (QED) is 0.779. The van der Waals surface area contributed by atoms with E-state index in [-0.39, 0.29) is 23.5 Å². The van der Waals surface area contributed by atoms with Crippen LogP contribution in [0.2, 0.25) is 0 Å². The zero-order valence-electron chi connectivity index (χ0n) is 15.5. The molecular weight excluding hydrogens is 359 g/mol. The number of carboxylic acids is 1. The Morgan fingerprint density at radius 3 is 2.37 bits per heavy atom. The molecule has 0 bridgehead atoms. The largest absolute Gasteiger partial charge is 0.573 e. The van der Waals surface area contributed by atoms with Gasteiger partial charge in [-0.25, -0.2) is 0 Å². The summed E-state index contributed by atoms with van der Waals surface area (Å²) in [5.74, 6) is -0.612. The predicted octanol–water partition coefficient (Wildman–Crippen LogP) is 5.15. The zero-order chi connectivity index (χ0) is 19.7. The first kappa shape index (κ1) is 19.8. The van der Waals surface area contributed by atoms with Gasteiger partial charge in [-0.1, -0.05) is 0 Å². The summed E-state index contributed by atoms with van der Waals surface area (Å²) in [6.45, 7) is 3.37. The summed E-state index contributed by atoms with van der Waals surface area (Å²) in [6.07, 6.45) is 1.58. The van der Waals surface area contributed by atoms with Gasteiger partial charge in [0.1, 0.15) is 5.75 Å². The van der Waals surface area contributed by atoms with E-state index in [0.29, 0.717) is 0 Å². The lowest BCUT2D eigenvalue weighted by Gasteiger charge is -2.46. The molecule has 150 valence electrons. The molecule has 2 aliphatic rings. The van der Waals surface area contributed by atoms with Gasteiger partial charge in [-0.15, -0.1) is 13.2 Å². The Bertz CT molecular complexity index is 672. The molecule has 1 aliphatic heterocycles. The van der Waals surface area contributed by atoms with Crippen molar-refractivity contribution in [3.63, 3.8) is 0 Å². The molecular formula is C20H26F3NO3. The van der Waals surface area contributed by atoms with E-state index in [2.05, 4.69) is 9.64 Å². The minimum atomic E-state index is -4.69. The Morgan fingerprint density at radius 2 is 1.81 bits per heavy atom. The highest BCUT2D eigenvalue weighted by Crippen LogP contribution is 2.47. The number of nitrogens with zero attached hydrogens (tertiary/aromatic N) is 1. The molecule has 7 heteroatoms. The van der Waals surface area contributed by atoms with Crippen molar-refractivity contribution in [1.82, 2.24) is 0 Å². The first-order valence-electron chi connectivity index (χ1n) is 9.48. The standard InChI is InChI=1S/C20H26F3NO3/c1-14-10-16(13-17(11-14)27-20(21,22)23)24-8-6-19(7-9-24)4-2-15(3-5-19)12-18(25)26/h10-11,13,15H,2-9,12H2,1H3,(H,25,26). The van der Waals surface area contributed by atoms with Crippen molar-refractivity contribution in [1.29, 1.82) is 0 Å². The Hall–Kier alpha value is -1.92. The van der Waals surface area contributed by atoms with Crippen molar-refractivity contribution in [3.8, 4) is 5.75 Å². The molecule has 1 aliphatic carbocycles. The van der Waals surface area contributed by atoms with Gasteiger partial charge in [0.15, 0.2) is 0 Å². The molecule has 0 unspecified atom stereocenters. The number of aryl methyl sites for hydroxylation is 1. The van der Waals surface area contributed by atoms with Crippen LogP contribution >= 0.6 is 0 Å². The summed E-state index contributed by atoms with van der Waals surface area (Å²) < 4.78 is 41.7. The molecule has 1 spiro atoms. The lowest BCUT2D eigenvalue weighted by Crippen LogP contribution is -2.42. The number of rotatable bonds is 4. The first-order chi connectivity index (χ1) is 12.6. The number of piperidine rings is 1. The third kappa shape index (κ3) is 5.30. The van der Waals surface area contributed by atoms with E-state index in [0.717, 1.165) is 62.9 Å². The number of carbonyl (C=O) groups is 1. The fraction of sp³-hybridized carbons (Fsp3) is 0.650. The van der Waals surface area contributed by atoms with E-state index in [1.807, 2.05) is 6.07 Å². The highest BCUT2D eigenvalue weighted by molar-refractivity contribution is 5.67. The Kier molecular flexibility index (Phi) is 5.58. The summed E-state index contributed by atoms with van der Waals surface area (Å²) in [5.41, 5.74) is 1.77. The van der Waals surface area contributed by atoms with Crippen LogP contribution in [0.1, 0.15) is 50.5 Å². The first-order valence-corrected chi connectivity index (χ1v) is 9.48. The van der Waals surface area contributed by atoms with Crippen molar-refractivity contribution in [2.24, 2.45) is 11.3 Å². The fourth-order valence-electron chi connectivity index (χ4n) is 4.58. The molecule has 1 heterocycles. The number of hydrogen-bond donors (Lipinski definition) is 1. The Labute approximate surface area is 157 Å². The molecule has 1 aromatic carbocycles. The van der Waals surface area contributed by atoms with Crippen LogP contribution in [-0.4, -0.2) is 30.5 Å². The number of alkyl halides is 3. The van der Waals surface area contributed by atoms with Gasteiger partial charge in [-0.2, -0.15) is 0 Å². The number of hydrogen-bond acceptors (Lipinski definition) is 3. The second-order valence-corrected chi connectivity index (χ2v) is 8.08. The number of anilines is 1. The molecule has 3 rings (SSSR count). The molecule has 0 radical (unpaired) electrons. The zero-order valence-corrected chi connectivity index (χ0v) is 15.5. The van der Waals surface area contributed by atoms with Gasteiger partial charge in [0, 0.05) is 31.3 Å². The average Bonchev–Trinajstić information content (AvgIpc) is 2.55. The van der Waals surface area contributed by atoms with Gasteiger partial charge in [0.25, 0.3) is 0 Å². The van der Waals surface area contributed by atoms with Gasteiger partial charge in [0.2, 0.25) is 0 Å². The van der Waals surface area contributed by atoms with E-state index in [1.165, 1.54) is 12.1 Å². The topological polar surface area (TPSA) is 49.8 Å². The van der Waals surface area contributed by atoms with Crippen molar-refractivity contribution in [3.05, 3.63) is 23.8 Å². The van der Waals surface area contributed by atoms with E-state index in [1.54, 1.807) is 6.92 Å². The normalized spacial score (nSPS) is 20.7. The highest BCUT2D eigenvalue weighted by Gasteiger charge is 2.38. The summed E-state index contributed by atoms with van der Waals surface area (Å²) in [5, 5.41) is 8.96. The van der Waals surface area contributed by atoms with Crippen molar-refractivity contribution < 1.29 is 27.8 Å². The van der Waals surface area contributed by atoms with Crippen molar-refractivity contribution in [2.45, 2.75) is 58.2 Å². The summed E-state index contributed by atoms with van der Waals surface area (Å²) in [4.78, 5) is 13.0. The summed E-state index contributed by atoms with van der Waals surface area (Å²) in [7, 11) is 0. The highest BCUT2D eigenvalue weighted by atomic mass is 19.4. The number of aliphatic carboxylic acids is 1. The fourth-order valence-corrected chi connectivity index (χ4v) is 4.58. The van der Waals surface area contributed by atoms with Crippen LogP contribution in [0.5, 0.6) is 5.75 Å². The summed E-state index contributed by atoms with van der Waals surface area (Å²) >= 11 is 0. The van der Waals surface area contributed by atoms with Crippen LogP contribution in [0.25, 0.3) is 0 Å². The number of ether oxygens (including phenoxy) is 1. The van der Waals surface area contributed by atoms with Crippen LogP contribution in [-0.2, 0) is 4.79 Å². The molecule has 1 aromatic rings. The SMILES string of the molecule is Cc1cc(OC(F)(F)F)cc(N2CCC3(CCC(CC(=O)O)CC3)CC2)c1. The number of halogens is 3. The van der Waals surface area contributed by atoms with Crippen LogP contribution < -0.4 is 9.64 Å². The third-order valence-electron chi connectivity index (χ3n) is 6.09. The molecule has 1 N–H and O–H groups in total. The lowest BCUT2D eigenvalue weighted by atomic mass is 9.65.